The zero-order valence-electron chi connectivity index (χ0n) is 23.8. The molecule has 0 saturated carbocycles. The van der Waals surface area contributed by atoms with Crippen LogP contribution in [-0.4, -0.2) is 66.1 Å². The van der Waals surface area contributed by atoms with Crippen molar-refractivity contribution in [3.63, 3.8) is 0 Å². The summed E-state index contributed by atoms with van der Waals surface area (Å²) in [6.07, 6.45) is 8.78. The number of fused-ring (bicyclic) bond motifs is 1. The number of nitrogens with zero attached hydrogens (tertiary/aromatic N) is 4. The van der Waals surface area contributed by atoms with Gasteiger partial charge in [-0.05, 0) is 93.2 Å². The molecule has 2 aromatic heterocycles. The number of anilines is 1. The fraction of sp³-hybridized carbons (Fsp3) is 0.355. The number of aromatic nitrogens is 2. The quantitative estimate of drug-likeness (QED) is 0.303. The van der Waals surface area contributed by atoms with E-state index in [0.29, 0.717) is 22.9 Å². The van der Waals surface area contributed by atoms with Crippen LogP contribution in [0.5, 0.6) is 0 Å². The molecule has 1 N–H and O–H groups in total. The number of hydrogen-bond donors (Lipinski definition) is 1. The maximum Gasteiger partial charge on any atom is 0.256 e. The number of piperidine rings is 1. The van der Waals surface area contributed by atoms with Crippen LogP contribution in [0.3, 0.4) is 0 Å². The van der Waals surface area contributed by atoms with E-state index < -0.39 is 15.8 Å². The van der Waals surface area contributed by atoms with Gasteiger partial charge in [0, 0.05) is 43.1 Å². The molecule has 0 unspecified atom stereocenters. The van der Waals surface area contributed by atoms with Gasteiger partial charge in [-0.2, -0.15) is 0 Å². The van der Waals surface area contributed by atoms with E-state index in [1.807, 2.05) is 36.6 Å². The molecule has 0 aliphatic carbocycles. The Morgan fingerprint density at radius 1 is 1.12 bits per heavy atom. The minimum atomic E-state index is -3.30. The Balaban J connectivity index is 1.37. The number of benzene rings is 2. The number of amides is 1. The fourth-order valence-corrected chi connectivity index (χ4v) is 6.06. The topological polar surface area (TPSA) is 87.5 Å². The maximum absolute atomic E-state index is 14.4. The molecular formula is C31H36FN5O3S. The Hall–Kier alpha value is -3.76. The van der Waals surface area contributed by atoms with Gasteiger partial charge in [-0.3, -0.25) is 19.4 Å². The lowest BCUT2D eigenvalue weighted by Crippen LogP contribution is -2.33. The first-order valence-corrected chi connectivity index (χ1v) is 15.7. The van der Waals surface area contributed by atoms with Gasteiger partial charge in [0.05, 0.1) is 29.2 Å². The number of likely N-dealkylation sites (tertiary alicyclic amines) is 1. The van der Waals surface area contributed by atoms with E-state index in [-0.39, 0.29) is 11.9 Å². The molecule has 10 heteroatoms. The van der Waals surface area contributed by atoms with E-state index in [0.717, 1.165) is 55.2 Å². The number of hydrogen-bond acceptors (Lipinski definition) is 5. The molecular weight excluding hydrogens is 541 g/mol. The highest BCUT2D eigenvalue weighted by atomic mass is 32.2. The summed E-state index contributed by atoms with van der Waals surface area (Å²) >= 11 is 0. The molecule has 3 heterocycles. The molecule has 5 rings (SSSR count). The van der Waals surface area contributed by atoms with Gasteiger partial charge in [0.15, 0.2) is 0 Å². The first kappa shape index (κ1) is 28.8. The molecule has 1 saturated heterocycles. The van der Waals surface area contributed by atoms with Crippen LogP contribution in [0.15, 0.2) is 67.1 Å². The zero-order chi connectivity index (χ0) is 29.3. The van der Waals surface area contributed by atoms with Crippen molar-refractivity contribution in [2.75, 3.05) is 31.1 Å². The van der Waals surface area contributed by atoms with E-state index in [1.165, 1.54) is 17.7 Å². The second-order valence-electron chi connectivity index (χ2n) is 11.1. The first-order valence-electron chi connectivity index (χ1n) is 13.8. The maximum atomic E-state index is 14.4. The zero-order valence-corrected chi connectivity index (χ0v) is 24.7. The lowest BCUT2D eigenvalue weighted by molar-refractivity contribution is 0.0754. The van der Waals surface area contributed by atoms with Crippen molar-refractivity contribution in [3.8, 4) is 5.69 Å². The number of carbonyl (C=O) groups is 1. The number of sulfonamides is 1. The van der Waals surface area contributed by atoms with Crippen LogP contribution >= 0.6 is 0 Å². The van der Waals surface area contributed by atoms with Crippen molar-refractivity contribution in [1.29, 1.82) is 0 Å². The average molecular weight is 578 g/mol. The highest BCUT2D eigenvalue weighted by Gasteiger charge is 2.26. The molecule has 0 radical (unpaired) electrons. The van der Waals surface area contributed by atoms with Crippen LogP contribution in [0.4, 0.5) is 10.1 Å². The molecule has 41 heavy (non-hydrogen) atoms. The monoisotopic (exact) mass is 577 g/mol. The van der Waals surface area contributed by atoms with E-state index in [2.05, 4.69) is 20.8 Å². The highest BCUT2D eigenvalue weighted by Crippen LogP contribution is 2.36. The van der Waals surface area contributed by atoms with Crippen molar-refractivity contribution in [1.82, 2.24) is 19.4 Å². The highest BCUT2D eigenvalue weighted by molar-refractivity contribution is 7.92. The fourth-order valence-electron chi connectivity index (χ4n) is 5.49. The lowest BCUT2D eigenvalue weighted by atomic mass is 9.89. The summed E-state index contributed by atoms with van der Waals surface area (Å²) in [6.45, 7) is 6.50. The minimum Gasteiger partial charge on any atom is -0.339 e. The van der Waals surface area contributed by atoms with Gasteiger partial charge in [0.25, 0.3) is 5.91 Å². The SMILES string of the molecule is CC(C)N(C)C(=O)c1cc(F)ccc1-n1cc(C2CCN(Cc3ccc(NS(C)(=O)=O)cc3)CC2)c2ccncc21. The molecule has 1 amide bonds. The van der Waals surface area contributed by atoms with Gasteiger partial charge in [-0.15, -0.1) is 0 Å². The second-order valence-corrected chi connectivity index (χ2v) is 12.9. The summed E-state index contributed by atoms with van der Waals surface area (Å²) in [5, 5.41) is 1.09. The van der Waals surface area contributed by atoms with Crippen LogP contribution in [-0.2, 0) is 16.6 Å². The van der Waals surface area contributed by atoms with E-state index in [1.54, 1.807) is 42.5 Å². The number of pyridine rings is 1. The second kappa shape index (κ2) is 11.6. The van der Waals surface area contributed by atoms with Gasteiger partial charge in [-0.25, -0.2) is 12.8 Å². The molecule has 1 aliphatic heterocycles. The van der Waals surface area contributed by atoms with Crippen LogP contribution in [0.25, 0.3) is 16.6 Å². The van der Waals surface area contributed by atoms with Gasteiger partial charge in [0.2, 0.25) is 10.0 Å². The van der Waals surface area contributed by atoms with E-state index in [4.69, 9.17) is 0 Å². The summed E-state index contributed by atoms with van der Waals surface area (Å²) in [5.74, 6) is -0.343. The van der Waals surface area contributed by atoms with Crippen LogP contribution in [0.2, 0.25) is 0 Å². The van der Waals surface area contributed by atoms with Crippen molar-refractivity contribution in [2.24, 2.45) is 0 Å². The van der Waals surface area contributed by atoms with Crippen molar-refractivity contribution in [2.45, 2.75) is 45.2 Å². The summed E-state index contributed by atoms with van der Waals surface area (Å²) < 4.78 is 41.8. The Kier molecular flexibility index (Phi) is 8.15. The number of carbonyl (C=O) groups excluding carboxylic acids is 1. The largest absolute Gasteiger partial charge is 0.339 e. The van der Waals surface area contributed by atoms with E-state index in [9.17, 15) is 17.6 Å². The molecule has 0 atom stereocenters. The number of halogens is 1. The van der Waals surface area contributed by atoms with Gasteiger partial charge < -0.3 is 9.47 Å². The summed E-state index contributed by atoms with van der Waals surface area (Å²) in [6, 6.07) is 13.9. The molecule has 0 spiro atoms. The Labute approximate surface area is 240 Å². The normalized spacial score (nSPS) is 15.0. The molecule has 0 bridgehead atoms. The molecule has 1 fully saturated rings. The van der Waals surface area contributed by atoms with Gasteiger partial charge in [-0.1, -0.05) is 12.1 Å². The third-order valence-electron chi connectivity index (χ3n) is 7.87. The van der Waals surface area contributed by atoms with Gasteiger partial charge in [0.1, 0.15) is 5.82 Å². The predicted octanol–water partition coefficient (Wildman–Crippen LogP) is 5.40. The number of rotatable bonds is 8. The molecule has 8 nitrogen and oxygen atoms in total. The predicted molar refractivity (Wildman–Crippen MR) is 160 cm³/mol. The van der Waals surface area contributed by atoms with Gasteiger partial charge >= 0.3 is 0 Å². The van der Waals surface area contributed by atoms with Crippen LogP contribution < -0.4 is 4.72 Å². The average Bonchev–Trinajstić information content (AvgIpc) is 3.32. The van der Waals surface area contributed by atoms with E-state index >= 15 is 0 Å². The number of nitrogens with one attached hydrogen (secondary N) is 1. The molecule has 1 aliphatic rings. The van der Waals surface area contributed by atoms with Crippen molar-refractivity contribution < 1.29 is 17.6 Å². The third kappa shape index (κ3) is 6.44. The summed E-state index contributed by atoms with van der Waals surface area (Å²) in [4.78, 5) is 21.7. The van der Waals surface area contributed by atoms with Crippen LogP contribution in [0.1, 0.15) is 54.1 Å². The van der Waals surface area contributed by atoms with Crippen molar-refractivity contribution >= 4 is 32.5 Å². The Bertz CT molecular complexity index is 1660. The molecule has 216 valence electrons. The summed E-state index contributed by atoms with van der Waals surface area (Å²) in [5.41, 5.74) is 4.74. The van der Waals surface area contributed by atoms with Crippen molar-refractivity contribution in [3.05, 3.63) is 89.6 Å². The standard InChI is InChI=1S/C31H36FN5O3S/c1-21(2)35(3)31(38)27-17-24(32)7-10-29(27)37-20-28(26-11-14-33-18-30(26)37)23-12-15-36(16-13-23)19-22-5-8-25(9-6-22)34-41(4,39)40/h5-11,14,17-18,20-21,23,34H,12-13,15-16,19H2,1-4H3. The Morgan fingerprint density at radius 2 is 1.83 bits per heavy atom. The lowest BCUT2D eigenvalue weighted by Gasteiger charge is -2.32. The van der Waals surface area contributed by atoms with Crippen LogP contribution in [0, 0.1) is 5.82 Å². The first-order chi connectivity index (χ1) is 19.5. The minimum absolute atomic E-state index is 0.0236. The molecule has 4 aromatic rings. The summed E-state index contributed by atoms with van der Waals surface area (Å²) in [7, 11) is -1.57. The third-order valence-corrected chi connectivity index (χ3v) is 8.48. The molecule has 2 aromatic carbocycles. The smallest absolute Gasteiger partial charge is 0.256 e. The Morgan fingerprint density at radius 3 is 2.49 bits per heavy atom.